The Morgan fingerprint density at radius 2 is 1.05 bits per heavy atom. The second-order valence-corrected chi connectivity index (χ2v) is 6.31. The molecule has 9 heteroatoms. The minimum absolute atomic E-state index is 0. The van der Waals surface area contributed by atoms with Crippen molar-refractivity contribution < 1.29 is 20.4 Å². The Bertz CT molecular complexity index is 291. The van der Waals surface area contributed by atoms with Gasteiger partial charge in [-0.05, 0) is 51.6 Å². The molecule has 0 unspecified atom stereocenters. The first-order chi connectivity index (χ1) is 8.33. The van der Waals surface area contributed by atoms with Gasteiger partial charge in [0.25, 0.3) is 0 Å². The van der Waals surface area contributed by atoms with Crippen LogP contribution < -0.4 is 0 Å². The molecule has 0 rings (SSSR count). The minimum Gasteiger partial charge on any atom is -0.520 e. The molecule has 0 radical (unpaired) electrons. The first kappa shape index (κ1) is 24.5. The molecule has 0 bridgehead atoms. The zero-order valence-electron chi connectivity index (χ0n) is 11.8. The summed E-state index contributed by atoms with van der Waals surface area (Å²) in [5.74, 6) is 0. The molecule has 0 aromatic rings. The van der Waals surface area contributed by atoms with Crippen LogP contribution >= 0.6 is 23.5 Å². The second kappa shape index (κ2) is 16.5. The SMILES string of the molecule is CSC(=[SH+])[N-]N=C(C)C.CSC(=[SH+])[N-]N=C(C)C.[Pd]. The van der Waals surface area contributed by atoms with Crippen molar-refractivity contribution in [3.8, 4) is 0 Å². The van der Waals surface area contributed by atoms with Gasteiger partial charge in [-0.3, -0.25) is 0 Å². The number of nitrogens with zero attached hydrogens (tertiary/aromatic N) is 4. The molecule has 19 heavy (non-hydrogen) atoms. The van der Waals surface area contributed by atoms with Gasteiger partial charge in [0, 0.05) is 20.4 Å². The maximum atomic E-state index is 4.01. The predicted octanol–water partition coefficient (Wildman–Crippen LogP) is 2.97. The molecule has 4 nitrogen and oxygen atoms in total. The van der Waals surface area contributed by atoms with E-state index in [4.69, 9.17) is 0 Å². The molecule has 0 aromatic heterocycles. The molecule has 0 amide bonds. The summed E-state index contributed by atoms with van der Waals surface area (Å²) >= 11 is 11.0. The molecule has 0 spiro atoms. The van der Waals surface area contributed by atoms with Gasteiger partial charge in [0.1, 0.15) is 0 Å². The van der Waals surface area contributed by atoms with Crippen LogP contribution in [0.1, 0.15) is 27.7 Å². The van der Waals surface area contributed by atoms with E-state index in [1.165, 1.54) is 23.5 Å². The minimum atomic E-state index is 0. The Kier molecular flexibility index (Phi) is 21.3. The summed E-state index contributed by atoms with van der Waals surface area (Å²) in [5, 5.41) is 7.61. The largest absolute Gasteiger partial charge is 0.520 e. The van der Waals surface area contributed by atoms with E-state index in [-0.39, 0.29) is 20.4 Å². The number of thioether (sulfide) groups is 2. The molecular weight excluding hydrogens is 411 g/mol. The summed E-state index contributed by atoms with van der Waals surface area (Å²) in [7, 11) is 0. The van der Waals surface area contributed by atoms with Gasteiger partial charge in [0.15, 0.2) is 33.1 Å². The van der Waals surface area contributed by atoms with Crippen LogP contribution in [0, 0.1) is 0 Å². The Hall–Kier alpha value is 0.482. The van der Waals surface area contributed by atoms with Gasteiger partial charge < -0.3 is 21.1 Å². The average Bonchev–Trinajstić information content (AvgIpc) is 2.33. The molecule has 0 saturated carbocycles. The third kappa shape index (κ3) is 23.9. The van der Waals surface area contributed by atoms with Crippen LogP contribution in [-0.4, -0.2) is 32.6 Å². The summed E-state index contributed by atoms with van der Waals surface area (Å²) in [6, 6.07) is 0. The molecule has 0 fully saturated rings. The third-order valence-electron chi connectivity index (χ3n) is 1.04. The van der Waals surface area contributed by atoms with E-state index in [0.717, 1.165) is 11.4 Å². The van der Waals surface area contributed by atoms with E-state index in [9.17, 15) is 0 Å². The van der Waals surface area contributed by atoms with Gasteiger partial charge in [-0.2, -0.15) is 0 Å². The Morgan fingerprint density at radius 3 is 1.21 bits per heavy atom. The van der Waals surface area contributed by atoms with Gasteiger partial charge in [0.2, 0.25) is 0 Å². The molecule has 0 heterocycles. The van der Waals surface area contributed by atoms with E-state index in [0.29, 0.717) is 8.64 Å². The van der Waals surface area contributed by atoms with Gasteiger partial charge in [0.05, 0.1) is 0 Å². The van der Waals surface area contributed by atoms with Gasteiger partial charge in [-0.15, -0.1) is 0 Å². The second-order valence-electron chi connectivity index (χ2n) is 3.27. The smallest absolute Gasteiger partial charge is 0.174 e. The van der Waals surface area contributed by atoms with Crippen molar-refractivity contribution in [1.82, 2.24) is 0 Å². The maximum Gasteiger partial charge on any atom is 0.174 e. The van der Waals surface area contributed by atoms with Crippen molar-refractivity contribution in [2.24, 2.45) is 10.2 Å². The number of hydrogen-bond donors (Lipinski definition) is 0. The predicted molar refractivity (Wildman–Crippen MR) is 98.8 cm³/mol. The van der Waals surface area contributed by atoms with Crippen LogP contribution in [0.2, 0.25) is 0 Å². The average molecular weight is 431 g/mol. The quantitative estimate of drug-likeness (QED) is 0.169. The molecule has 0 N–H and O–H groups in total. The maximum absolute atomic E-state index is 4.01. The normalized spacial score (nSPS) is 7.89. The molecule has 0 saturated heterocycles. The third-order valence-corrected chi connectivity index (χ3v) is 3.20. The molecule has 0 aliphatic rings. The summed E-state index contributed by atoms with van der Waals surface area (Å²) < 4.78 is 1.38. The number of rotatable bonds is 2. The van der Waals surface area contributed by atoms with E-state index < -0.39 is 0 Å². The van der Waals surface area contributed by atoms with E-state index in [2.05, 4.69) is 45.5 Å². The zero-order chi connectivity index (χ0) is 14.6. The zero-order valence-corrected chi connectivity index (χ0v) is 16.8. The van der Waals surface area contributed by atoms with Crippen molar-refractivity contribution >= 4 is 68.0 Å². The summed E-state index contributed by atoms with van der Waals surface area (Å²) in [4.78, 5) is 0. The van der Waals surface area contributed by atoms with E-state index in [1.807, 2.05) is 40.2 Å². The molecule has 0 aromatic carbocycles. The van der Waals surface area contributed by atoms with Crippen LogP contribution in [0.5, 0.6) is 0 Å². The monoisotopic (exact) mass is 430 g/mol. The molecule has 114 valence electrons. The first-order valence-electron chi connectivity index (χ1n) is 4.97. The summed E-state index contributed by atoms with van der Waals surface area (Å²) in [6.07, 6.45) is 3.82. The van der Waals surface area contributed by atoms with Gasteiger partial charge in [-0.1, -0.05) is 23.5 Å². The topological polar surface area (TPSA) is 52.9 Å². The Balaban J connectivity index is -0.000000256. The molecule has 0 aliphatic carbocycles. The van der Waals surface area contributed by atoms with Crippen molar-refractivity contribution in [2.75, 3.05) is 12.5 Å². The van der Waals surface area contributed by atoms with E-state index in [1.54, 1.807) is 0 Å². The van der Waals surface area contributed by atoms with Crippen LogP contribution in [0.4, 0.5) is 0 Å². The Labute approximate surface area is 149 Å². The fourth-order valence-electron chi connectivity index (χ4n) is 0.367. The van der Waals surface area contributed by atoms with Crippen LogP contribution in [-0.2, 0) is 44.9 Å². The fourth-order valence-corrected chi connectivity index (χ4v) is 0.702. The van der Waals surface area contributed by atoms with Crippen molar-refractivity contribution in [3.63, 3.8) is 0 Å². The summed E-state index contributed by atoms with van der Waals surface area (Å²) in [6.45, 7) is 7.57. The van der Waals surface area contributed by atoms with Crippen molar-refractivity contribution in [3.05, 3.63) is 10.9 Å². The van der Waals surface area contributed by atoms with Crippen LogP contribution in [0.25, 0.3) is 10.9 Å². The number of thiol groups is 2. The van der Waals surface area contributed by atoms with Crippen molar-refractivity contribution in [1.29, 1.82) is 0 Å². The van der Waals surface area contributed by atoms with Crippen molar-refractivity contribution in [2.45, 2.75) is 27.7 Å². The standard InChI is InChI=1S/2C5H10N2S2.Pd/c2*1-4(2)6-7-5(8)9-3;/h2*1-3H3,(H,7,8);. The molecule has 0 atom stereocenters. The molecule has 0 aliphatic heterocycles. The fraction of sp³-hybridized carbons (Fsp3) is 0.600. The van der Waals surface area contributed by atoms with Crippen LogP contribution in [0.3, 0.4) is 0 Å². The first-order valence-corrected chi connectivity index (χ1v) is 8.31. The Morgan fingerprint density at radius 1 is 0.789 bits per heavy atom. The van der Waals surface area contributed by atoms with E-state index >= 15 is 0 Å². The van der Waals surface area contributed by atoms with Gasteiger partial charge in [-0.25, -0.2) is 0 Å². The number of hydrogen-bond acceptors (Lipinski definition) is 4. The molecular formula is C10H20N4PdS4. The van der Waals surface area contributed by atoms with Gasteiger partial charge >= 0.3 is 0 Å². The summed E-state index contributed by atoms with van der Waals surface area (Å²) in [5.41, 5.74) is 9.43. The van der Waals surface area contributed by atoms with Crippen LogP contribution in [0.15, 0.2) is 10.2 Å².